The molecule has 1 aromatic heterocycles. The van der Waals surface area contributed by atoms with Crippen molar-refractivity contribution in [3.05, 3.63) is 77.5 Å². The van der Waals surface area contributed by atoms with Crippen LogP contribution in [0.15, 0.2) is 69.5 Å². The molecule has 0 amide bonds. The summed E-state index contributed by atoms with van der Waals surface area (Å²) in [4.78, 5) is 8.33. The van der Waals surface area contributed by atoms with E-state index in [0.29, 0.717) is 42.0 Å². The van der Waals surface area contributed by atoms with Crippen LogP contribution in [0.5, 0.6) is 17.2 Å². The summed E-state index contributed by atoms with van der Waals surface area (Å²) in [5.74, 6) is 1.58. The molecular weight excluding hydrogens is 476 g/mol. The fraction of sp³-hybridized carbons (Fsp3) is 0.269. The van der Waals surface area contributed by atoms with E-state index in [-0.39, 0.29) is 43.8 Å². The molecule has 1 saturated heterocycles. The van der Waals surface area contributed by atoms with Gasteiger partial charge in [0.2, 0.25) is 0 Å². The van der Waals surface area contributed by atoms with Crippen molar-refractivity contribution in [2.45, 2.75) is 26.4 Å². The van der Waals surface area contributed by atoms with Gasteiger partial charge in [-0.3, -0.25) is 0 Å². The maximum atomic E-state index is 14.1. The molecule has 1 aliphatic rings. The highest BCUT2D eigenvalue weighted by Crippen LogP contribution is 2.29. The highest BCUT2D eigenvalue weighted by atomic mass is 19.1. The highest BCUT2D eigenvalue weighted by Gasteiger charge is 2.20. The maximum absolute atomic E-state index is 14.1. The van der Waals surface area contributed by atoms with E-state index in [1.807, 2.05) is 6.07 Å². The molecule has 0 unspecified atom stereocenters. The highest BCUT2D eigenvalue weighted by molar-refractivity contribution is 6.12. The molecule has 37 heavy (non-hydrogen) atoms. The lowest BCUT2D eigenvalue weighted by Gasteiger charge is -2.23. The molecular formula is C26H26BFN5O4. The minimum Gasteiger partial charge on any atom is -0.485 e. The van der Waals surface area contributed by atoms with E-state index in [1.165, 1.54) is 12.1 Å². The van der Waals surface area contributed by atoms with E-state index >= 15 is 0 Å². The molecule has 2 aromatic carbocycles. The van der Waals surface area contributed by atoms with E-state index in [9.17, 15) is 9.65 Å². The predicted molar refractivity (Wildman–Crippen MR) is 136 cm³/mol. The average Bonchev–Trinajstić information content (AvgIpc) is 3.31. The summed E-state index contributed by atoms with van der Waals surface area (Å²) in [5.41, 5.74) is 13.5. The Balaban J connectivity index is 0.00000380. The monoisotopic (exact) mass is 502 g/mol. The van der Waals surface area contributed by atoms with E-state index in [2.05, 4.69) is 9.98 Å². The third kappa shape index (κ3) is 7.35. The number of nitrogens with two attached hydrogens (primary N) is 2. The Morgan fingerprint density at radius 2 is 1.84 bits per heavy atom. The molecule has 0 saturated carbocycles. The number of aliphatic imine (C=N–C) groups is 1. The summed E-state index contributed by atoms with van der Waals surface area (Å²) in [6.07, 6.45) is 3.06. The lowest BCUT2D eigenvalue weighted by molar-refractivity contribution is 0.0752. The number of allylic oxidation sites excluding steroid dienone is 2. The number of nitrogens with zero attached hydrogens (tertiary/aromatic N) is 3. The molecule has 11 heteroatoms. The van der Waals surface area contributed by atoms with Crippen LogP contribution in [0, 0.1) is 30.0 Å². The molecule has 0 spiro atoms. The van der Waals surface area contributed by atoms with Crippen LogP contribution in [0.1, 0.15) is 24.5 Å². The SMILES string of the molecule is Cc1ncc(COc2cc(F)cc(Oc3ccc(N=C(C#N)/C(N)=C(\N)C4CCOCC4)cc3)c2)o1.[B]. The first-order valence-electron chi connectivity index (χ1n) is 11.4. The molecule has 0 atom stereocenters. The van der Waals surface area contributed by atoms with Gasteiger partial charge in [0.15, 0.2) is 17.4 Å². The number of rotatable bonds is 8. The van der Waals surface area contributed by atoms with Gasteiger partial charge in [-0.25, -0.2) is 14.4 Å². The van der Waals surface area contributed by atoms with E-state index in [4.69, 9.17) is 30.1 Å². The molecule has 1 fully saturated rings. The van der Waals surface area contributed by atoms with Gasteiger partial charge < -0.3 is 30.1 Å². The van der Waals surface area contributed by atoms with Crippen molar-refractivity contribution in [2.75, 3.05) is 13.2 Å². The fourth-order valence-electron chi connectivity index (χ4n) is 3.67. The van der Waals surface area contributed by atoms with Crippen LogP contribution in [0.25, 0.3) is 0 Å². The van der Waals surface area contributed by atoms with Crippen LogP contribution in [-0.4, -0.2) is 32.3 Å². The van der Waals surface area contributed by atoms with Crippen LogP contribution in [0.2, 0.25) is 0 Å². The van der Waals surface area contributed by atoms with Gasteiger partial charge in [0.25, 0.3) is 0 Å². The molecule has 3 aromatic rings. The van der Waals surface area contributed by atoms with Gasteiger partial charge in [0.05, 0.1) is 17.6 Å². The standard InChI is InChI=1S/C26H26FN5O4.B/c1-16-31-14-23(35-16)15-34-21-10-18(27)11-22(12-21)36-20-4-2-19(3-5-20)32-24(13-28)26(30)25(29)17-6-8-33-9-7-17;/h2-5,10-12,14,17H,6-9,15,29-30H2,1H3;/b26-25+,32-24?;. The summed E-state index contributed by atoms with van der Waals surface area (Å²) < 4.78 is 36.2. The number of benzene rings is 2. The molecule has 2 heterocycles. The van der Waals surface area contributed by atoms with Crippen molar-refractivity contribution in [3.8, 4) is 23.3 Å². The Labute approximate surface area is 216 Å². The van der Waals surface area contributed by atoms with Crippen molar-refractivity contribution in [1.29, 1.82) is 5.26 Å². The second-order valence-corrected chi connectivity index (χ2v) is 8.18. The second kappa shape index (κ2) is 12.6. The molecule has 0 bridgehead atoms. The average molecular weight is 502 g/mol. The topological polar surface area (TPSA) is 142 Å². The van der Waals surface area contributed by atoms with Crippen molar-refractivity contribution in [1.82, 2.24) is 4.98 Å². The van der Waals surface area contributed by atoms with E-state index in [1.54, 1.807) is 43.5 Å². The summed E-state index contributed by atoms with van der Waals surface area (Å²) in [6, 6.07) is 12.7. The van der Waals surface area contributed by atoms with Gasteiger partial charge in [-0.1, -0.05) is 0 Å². The Morgan fingerprint density at radius 3 is 2.49 bits per heavy atom. The molecule has 3 radical (unpaired) electrons. The number of aromatic nitrogens is 1. The van der Waals surface area contributed by atoms with Crippen molar-refractivity contribution in [2.24, 2.45) is 22.4 Å². The van der Waals surface area contributed by atoms with Crippen molar-refractivity contribution >= 4 is 19.8 Å². The summed E-state index contributed by atoms with van der Waals surface area (Å²) >= 11 is 0. The minimum absolute atomic E-state index is 0. The third-order valence-electron chi connectivity index (χ3n) is 5.54. The maximum Gasteiger partial charge on any atom is 0.191 e. The van der Waals surface area contributed by atoms with Crippen LogP contribution in [-0.2, 0) is 11.3 Å². The Morgan fingerprint density at radius 1 is 1.14 bits per heavy atom. The van der Waals surface area contributed by atoms with Gasteiger partial charge in [0.1, 0.15) is 35.7 Å². The fourth-order valence-corrected chi connectivity index (χ4v) is 3.67. The molecule has 1 aliphatic heterocycles. The zero-order chi connectivity index (χ0) is 25.5. The first kappa shape index (κ1) is 27.3. The summed E-state index contributed by atoms with van der Waals surface area (Å²) in [7, 11) is 0. The normalized spacial score (nSPS) is 14.8. The number of hydrogen-bond donors (Lipinski definition) is 2. The zero-order valence-electron chi connectivity index (χ0n) is 20.3. The summed E-state index contributed by atoms with van der Waals surface area (Å²) in [5, 5.41) is 9.57. The van der Waals surface area contributed by atoms with Gasteiger partial charge in [-0.15, -0.1) is 0 Å². The number of halogens is 1. The third-order valence-corrected chi connectivity index (χ3v) is 5.54. The minimum atomic E-state index is -0.513. The number of oxazole rings is 1. The van der Waals surface area contributed by atoms with Crippen LogP contribution >= 0.6 is 0 Å². The number of hydrogen-bond acceptors (Lipinski definition) is 9. The second-order valence-electron chi connectivity index (χ2n) is 8.18. The largest absolute Gasteiger partial charge is 0.485 e. The molecule has 189 valence electrons. The quantitative estimate of drug-likeness (QED) is 0.344. The smallest absolute Gasteiger partial charge is 0.191 e. The van der Waals surface area contributed by atoms with Crippen LogP contribution in [0.3, 0.4) is 0 Å². The van der Waals surface area contributed by atoms with Crippen LogP contribution in [0.4, 0.5) is 10.1 Å². The van der Waals surface area contributed by atoms with E-state index < -0.39 is 5.82 Å². The van der Waals surface area contributed by atoms with Gasteiger partial charge >= 0.3 is 0 Å². The van der Waals surface area contributed by atoms with E-state index in [0.717, 1.165) is 12.8 Å². The Bertz CT molecular complexity index is 1310. The summed E-state index contributed by atoms with van der Waals surface area (Å²) in [6.45, 7) is 3.05. The Hall–Kier alpha value is -4.30. The lowest BCUT2D eigenvalue weighted by atomic mass is 9.94. The first-order valence-corrected chi connectivity index (χ1v) is 11.4. The molecule has 4 N–H and O–H groups in total. The molecule has 0 aliphatic carbocycles. The van der Waals surface area contributed by atoms with Gasteiger partial charge in [-0.2, -0.15) is 5.26 Å². The molecule has 4 rings (SSSR count). The lowest BCUT2D eigenvalue weighted by Crippen LogP contribution is -2.27. The number of ether oxygens (including phenoxy) is 3. The van der Waals surface area contributed by atoms with Crippen molar-refractivity contribution in [3.63, 3.8) is 0 Å². The number of aryl methyl sites for hydroxylation is 1. The van der Waals surface area contributed by atoms with Crippen molar-refractivity contribution < 1.29 is 23.0 Å². The first-order chi connectivity index (χ1) is 17.4. The van der Waals surface area contributed by atoms with Crippen LogP contribution < -0.4 is 20.9 Å². The zero-order valence-corrected chi connectivity index (χ0v) is 20.3. The predicted octanol–water partition coefficient (Wildman–Crippen LogP) is 4.26. The Kier molecular flexibility index (Phi) is 9.30. The van der Waals surface area contributed by atoms with Gasteiger partial charge in [0, 0.05) is 58.4 Å². The number of nitriles is 1. The van der Waals surface area contributed by atoms with Gasteiger partial charge in [-0.05, 0) is 37.1 Å². The molecule has 9 nitrogen and oxygen atoms in total.